The number of carbonyl (C=O) groups excluding carboxylic acids is 2. The van der Waals surface area contributed by atoms with Crippen LogP contribution in [-0.4, -0.2) is 46.5 Å². The van der Waals surface area contributed by atoms with Crippen LogP contribution in [-0.2, 0) is 16.1 Å². The summed E-state index contributed by atoms with van der Waals surface area (Å²) in [5.41, 5.74) is 3.55. The van der Waals surface area contributed by atoms with Crippen molar-refractivity contribution in [2.75, 3.05) is 20.6 Å². The number of hydrogen-bond acceptors (Lipinski definition) is 3. The molecule has 6 nitrogen and oxygen atoms in total. The van der Waals surface area contributed by atoms with Gasteiger partial charge in [0.05, 0.1) is 11.1 Å². The van der Waals surface area contributed by atoms with Gasteiger partial charge in [0.2, 0.25) is 0 Å². The molecule has 5 rings (SSSR count). The number of rotatable bonds is 6. The van der Waals surface area contributed by atoms with Gasteiger partial charge < -0.3 is 14.0 Å². The maximum atomic E-state index is 13.0. The van der Waals surface area contributed by atoms with E-state index < -0.39 is 0 Å². The van der Waals surface area contributed by atoms with Gasteiger partial charge in [0.25, 0.3) is 11.8 Å². The molecular weight excluding hydrogens is 388 g/mol. The molecule has 1 aliphatic rings. The highest BCUT2D eigenvalue weighted by Crippen LogP contribution is 2.35. The van der Waals surface area contributed by atoms with E-state index in [9.17, 15) is 9.59 Å². The molecule has 0 unspecified atom stereocenters. The van der Waals surface area contributed by atoms with E-state index in [2.05, 4.69) is 34.9 Å². The van der Waals surface area contributed by atoms with Crippen molar-refractivity contribution < 1.29 is 9.59 Å². The fourth-order valence-corrected chi connectivity index (χ4v) is 4.39. The lowest BCUT2D eigenvalue weighted by molar-refractivity contribution is -0.122. The fraction of sp³-hybridized carbons (Fsp3) is 0.200. The number of para-hydroxylation sites is 2. The molecule has 0 saturated carbocycles. The van der Waals surface area contributed by atoms with Gasteiger partial charge in [-0.05, 0) is 50.6 Å². The monoisotopic (exact) mass is 412 g/mol. The summed E-state index contributed by atoms with van der Waals surface area (Å²) in [4.78, 5) is 28.0. The van der Waals surface area contributed by atoms with E-state index >= 15 is 0 Å². The van der Waals surface area contributed by atoms with Crippen LogP contribution >= 0.6 is 0 Å². The molecule has 4 aromatic rings. The minimum absolute atomic E-state index is 0.353. The summed E-state index contributed by atoms with van der Waals surface area (Å²) in [5, 5.41) is 4.51. The van der Waals surface area contributed by atoms with Gasteiger partial charge in [-0.25, -0.2) is 0 Å². The molecule has 0 saturated heterocycles. The molecule has 2 amide bonds. The first kappa shape index (κ1) is 19.3. The number of aryl methyl sites for hydroxylation is 1. The number of aromatic nitrogens is 2. The SMILES string of the molecule is CN(C)CCCn1cc(C2=C(n3ccc4ccccc43)C(=O)NC2=O)c2ccccc21. The topological polar surface area (TPSA) is 59.3 Å². The molecule has 0 radical (unpaired) electrons. The smallest absolute Gasteiger partial charge is 0.275 e. The Hall–Kier alpha value is -3.64. The van der Waals surface area contributed by atoms with Gasteiger partial charge in [-0.2, -0.15) is 0 Å². The maximum Gasteiger partial charge on any atom is 0.275 e. The third kappa shape index (κ3) is 3.25. The van der Waals surface area contributed by atoms with E-state index in [-0.39, 0.29) is 11.8 Å². The lowest BCUT2D eigenvalue weighted by atomic mass is 10.0. The summed E-state index contributed by atoms with van der Waals surface area (Å²) in [7, 11) is 4.12. The third-order valence-corrected chi connectivity index (χ3v) is 5.81. The predicted octanol–water partition coefficient (Wildman–Crippen LogP) is 3.57. The molecule has 31 heavy (non-hydrogen) atoms. The highest BCUT2D eigenvalue weighted by atomic mass is 16.2. The summed E-state index contributed by atoms with van der Waals surface area (Å²) >= 11 is 0. The van der Waals surface area contributed by atoms with E-state index in [4.69, 9.17) is 0 Å². The average Bonchev–Trinajstić information content (AvgIpc) is 3.41. The van der Waals surface area contributed by atoms with Crippen molar-refractivity contribution in [1.82, 2.24) is 19.4 Å². The number of imide groups is 1. The van der Waals surface area contributed by atoms with Crippen molar-refractivity contribution in [2.45, 2.75) is 13.0 Å². The van der Waals surface area contributed by atoms with Crippen molar-refractivity contribution in [2.24, 2.45) is 0 Å². The first-order chi connectivity index (χ1) is 15.0. The molecule has 1 N–H and O–H groups in total. The molecule has 6 heteroatoms. The Morgan fingerprint density at radius 1 is 0.903 bits per heavy atom. The van der Waals surface area contributed by atoms with Gasteiger partial charge in [0.1, 0.15) is 5.70 Å². The van der Waals surface area contributed by atoms with Crippen molar-refractivity contribution in [3.05, 3.63) is 72.6 Å². The van der Waals surface area contributed by atoms with Crippen LogP contribution in [0.25, 0.3) is 33.1 Å². The highest BCUT2D eigenvalue weighted by molar-refractivity contribution is 6.47. The average molecular weight is 412 g/mol. The lowest BCUT2D eigenvalue weighted by Gasteiger charge is -2.10. The summed E-state index contributed by atoms with van der Waals surface area (Å²) in [6, 6.07) is 17.9. The molecule has 0 atom stereocenters. The zero-order chi connectivity index (χ0) is 21.5. The minimum atomic E-state index is -0.370. The Bertz CT molecular complexity index is 1360. The van der Waals surface area contributed by atoms with Gasteiger partial charge in [-0.1, -0.05) is 36.4 Å². The summed E-state index contributed by atoms with van der Waals surface area (Å²) in [6.07, 6.45) is 4.86. The Morgan fingerprint density at radius 3 is 2.45 bits per heavy atom. The number of benzene rings is 2. The number of hydrogen-bond donors (Lipinski definition) is 1. The van der Waals surface area contributed by atoms with Gasteiger partial charge in [0.15, 0.2) is 0 Å². The van der Waals surface area contributed by atoms with Crippen LogP contribution in [0.3, 0.4) is 0 Å². The largest absolute Gasteiger partial charge is 0.347 e. The van der Waals surface area contributed by atoms with Crippen molar-refractivity contribution in [1.29, 1.82) is 0 Å². The molecule has 2 aromatic carbocycles. The van der Waals surface area contributed by atoms with Crippen molar-refractivity contribution in [3.8, 4) is 0 Å². The van der Waals surface area contributed by atoms with Crippen LogP contribution in [0.2, 0.25) is 0 Å². The zero-order valence-electron chi connectivity index (χ0n) is 17.6. The van der Waals surface area contributed by atoms with Gasteiger partial charge >= 0.3 is 0 Å². The lowest BCUT2D eigenvalue weighted by Crippen LogP contribution is -2.23. The van der Waals surface area contributed by atoms with Crippen LogP contribution < -0.4 is 5.32 Å². The first-order valence-electron chi connectivity index (χ1n) is 10.4. The second kappa shape index (κ2) is 7.56. The molecule has 2 aromatic heterocycles. The van der Waals surface area contributed by atoms with Crippen LogP contribution in [0.5, 0.6) is 0 Å². The number of carbonyl (C=O) groups is 2. The van der Waals surface area contributed by atoms with Crippen molar-refractivity contribution in [3.63, 3.8) is 0 Å². The molecule has 0 spiro atoms. The van der Waals surface area contributed by atoms with Gasteiger partial charge in [-0.15, -0.1) is 0 Å². The van der Waals surface area contributed by atoms with Crippen LogP contribution in [0.4, 0.5) is 0 Å². The first-order valence-corrected chi connectivity index (χ1v) is 10.4. The summed E-state index contributed by atoms with van der Waals surface area (Å²) in [6.45, 7) is 1.81. The molecule has 156 valence electrons. The Kier molecular flexibility index (Phi) is 4.71. The minimum Gasteiger partial charge on any atom is -0.347 e. The Labute approximate surface area is 180 Å². The second-order valence-corrected chi connectivity index (χ2v) is 8.16. The van der Waals surface area contributed by atoms with Crippen LogP contribution in [0.1, 0.15) is 12.0 Å². The Morgan fingerprint density at radius 2 is 1.65 bits per heavy atom. The summed E-state index contributed by atoms with van der Waals surface area (Å²) in [5.74, 6) is -0.722. The standard InChI is InChI=1S/C25H24N4O2/c1-27(2)13-7-14-28-16-19(18-9-4-6-11-21(18)28)22-23(25(31)26-24(22)30)29-15-12-17-8-3-5-10-20(17)29/h3-6,8-12,15-16H,7,13-14H2,1-2H3,(H,26,30,31). The fourth-order valence-electron chi connectivity index (χ4n) is 4.39. The third-order valence-electron chi connectivity index (χ3n) is 5.81. The molecule has 1 aliphatic heterocycles. The summed E-state index contributed by atoms with van der Waals surface area (Å²) < 4.78 is 4.01. The Balaban J connectivity index is 1.70. The van der Waals surface area contributed by atoms with E-state index in [0.717, 1.165) is 46.9 Å². The molecule has 0 fully saturated rings. The van der Waals surface area contributed by atoms with E-state index in [0.29, 0.717) is 11.3 Å². The maximum absolute atomic E-state index is 13.0. The van der Waals surface area contributed by atoms with Crippen LogP contribution in [0.15, 0.2) is 67.0 Å². The zero-order valence-corrected chi connectivity index (χ0v) is 17.6. The second-order valence-electron chi connectivity index (χ2n) is 8.16. The predicted molar refractivity (Wildman–Crippen MR) is 123 cm³/mol. The van der Waals surface area contributed by atoms with E-state index in [1.807, 2.05) is 65.5 Å². The van der Waals surface area contributed by atoms with Crippen LogP contribution in [0, 0.1) is 0 Å². The number of nitrogens with zero attached hydrogens (tertiary/aromatic N) is 3. The van der Waals surface area contributed by atoms with Crippen molar-refractivity contribution >= 4 is 44.9 Å². The number of amides is 2. The van der Waals surface area contributed by atoms with E-state index in [1.54, 1.807) is 0 Å². The quantitative estimate of drug-likeness (QED) is 0.493. The van der Waals surface area contributed by atoms with Gasteiger partial charge in [-0.3, -0.25) is 14.9 Å². The number of fused-ring (bicyclic) bond motifs is 2. The molecule has 0 aliphatic carbocycles. The molecule has 0 bridgehead atoms. The molecular formula is C25H24N4O2. The number of nitrogens with one attached hydrogen (secondary N) is 1. The van der Waals surface area contributed by atoms with E-state index in [1.165, 1.54) is 0 Å². The molecule has 3 heterocycles. The highest BCUT2D eigenvalue weighted by Gasteiger charge is 2.34. The normalized spacial score (nSPS) is 14.4. The van der Waals surface area contributed by atoms with Gasteiger partial charge in [0, 0.05) is 35.4 Å².